The fraction of sp³-hybridized carbons (Fsp3) is 0.500. The topological polar surface area (TPSA) is 65.1 Å². The van der Waals surface area contributed by atoms with Gasteiger partial charge in [0.2, 0.25) is 0 Å². The van der Waals surface area contributed by atoms with E-state index in [1.165, 1.54) is 10.9 Å². The second-order valence-corrected chi connectivity index (χ2v) is 8.15. The van der Waals surface area contributed by atoms with E-state index in [0.29, 0.717) is 6.42 Å². The van der Waals surface area contributed by atoms with Gasteiger partial charge in [-0.15, -0.1) is 0 Å². The third-order valence-corrected chi connectivity index (χ3v) is 5.48. The Morgan fingerprint density at radius 2 is 2.05 bits per heavy atom. The highest BCUT2D eigenvalue weighted by Gasteiger charge is 2.08. The molecule has 0 aliphatic carbocycles. The Bertz CT molecular complexity index is 702. The molecule has 116 valence electrons. The summed E-state index contributed by atoms with van der Waals surface area (Å²) in [5.74, 6) is 0.473. The summed E-state index contributed by atoms with van der Waals surface area (Å²) < 4.78 is 25.2. The molecule has 0 aliphatic rings. The molecule has 0 bridgehead atoms. The van der Waals surface area contributed by atoms with Crippen molar-refractivity contribution >= 4 is 20.7 Å². The number of sulfone groups is 1. The molecule has 0 spiro atoms. The zero-order chi connectivity index (χ0) is 15.5. The van der Waals surface area contributed by atoms with Crippen LogP contribution in [0.5, 0.6) is 0 Å². The van der Waals surface area contributed by atoms with Crippen LogP contribution in [0.3, 0.4) is 0 Å². The Hall–Kier alpha value is -1.33. The summed E-state index contributed by atoms with van der Waals surface area (Å²) in [6.07, 6.45) is 3.53. The number of aryl methyl sites for hydroxylation is 1. The lowest BCUT2D eigenvalue weighted by atomic mass is 10.1. The Kier molecular flexibility index (Phi) is 5.06. The normalized spacial score (nSPS) is 13.7. The predicted molar refractivity (Wildman–Crippen MR) is 88.2 cm³/mol. The molecule has 0 saturated carbocycles. The molecule has 1 heterocycles. The molecule has 5 heteroatoms. The molecule has 0 aliphatic heterocycles. The van der Waals surface area contributed by atoms with Gasteiger partial charge in [-0.05, 0) is 42.8 Å². The van der Waals surface area contributed by atoms with Crippen molar-refractivity contribution in [1.29, 1.82) is 0 Å². The van der Waals surface area contributed by atoms with Gasteiger partial charge in [0.05, 0.1) is 5.75 Å². The van der Waals surface area contributed by atoms with Crippen LogP contribution in [0.15, 0.2) is 30.5 Å². The summed E-state index contributed by atoms with van der Waals surface area (Å²) in [4.78, 5) is 0. The number of hydrogen-bond acceptors (Lipinski definition) is 3. The van der Waals surface area contributed by atoms with Crippen LogP contribution < -0.4 is 5.73 Å². The third kappa shape index (κ3) is 4.32. The summed E-state index contributed by atoms with van der Waals surface area (Å²) in [6.45, 7) is 4.42. The number of nitrogens with zero attached hydrogens (tertiary/aromatic N) is 1. The molecule has 0 saturated heterocycles. The van der Waals surface area contributed by atoms with E-state index in [4.69, 9.17) is 5.73 Å². The molecule has 2 aromatic rings. The van der Waals surface area contributed by atoms with Gasteiger partial charge in [0.25, 0.3) is 0 Å². The summed E-state index contributed by atoms with van der Waals surface area (Å²) >= 11 is 0. The highest BCUT2D eigenvalue weighted by atomic mass is 32.2. The minimum atomic E-state index is -2.88. The van der Waals surface area contributed by atoms with E-state index >= 15 is 0 Å². The molecular formula is C16H24N2O2S. The first-order valence-corrected chi connectivity index (χ1v) is 9.27. The number of nitrogens with two attached hydrogens (primary N) is 1. The number of fused-ring (bicyclic) bond motifs is 1. The van der Waals surface area contributed by atoms with Crippen LogP contribution in [0.4, 0.5) is 0 Å². The lowest BCUT2D eigenvalue weighted by molar-refractivity contribution is 0.589. The highest BCUT2D eigenvalue weighted by Crippen LogP contribution is 2.19. The van der Waals surface area contributed by atoms with Crippen LogP contribution in [0.2, 0.25) is 0 Å². The zero-order valence-electron chi connectivity index (χ0n) is 12.7. The van der Waals surface area contributed by atoms with Crippen molar-refractivity contribution in [2.24, 2.45) is 5.73 Å². The average Bonchev–Trinajstić information content (AvgIpc) is 2.81. The largest absolute Gasteiger partial charge is 0.347 e. The maximum absolute atomic E-state index is 11.5. The van der Waals surface area contributed by atoms with Crippen molar-refractivity contribution in [1.82, 2.24) is 4.57 Å². The first-order chi connectivity index (χ1) is 9.91. The van der Waals surface area contributed by atoms with Crippen molar-refractivity contribution in [2.45, 2.75) is 39.3 Å². The second kappa shape index (κ2) is 6.62. The van der Waals surface area contributed by atoms with Gasteiger partial charge in [0.15, 0.2) is 0 Å². The standard InChI is InChI=1S/C16H24N2O2S/c1-3-21(19,20)10-4-8-18-9-7-15-6-5-14(11-13(2)17)12-16(15)18/h5-7,9,12-13H,3-4,8,10-11,17H2,1-2H3. The van der Waals surface area contributed by atoms with Crippen LogP contribution in [0, 0.1) is 0 Å². The van der Waals surface area contributed by atoms with E-state index in [1.54, 1.807) is 6.92 Å². The van der Waals surface area contributed by atoms with Crippen LogP contribution in [0.25, 0.3) is 10.9 Å². The van der Waals surface area contributed by atoms with Gasteiger partial charge in [0.1, 0.15) is 9.84 Å². The second-order valence-electron chi connectivity index (χ2n) is 5.67. The van der Waals surface area contributed by atoms with Crippen molar-refractivity contribution in [2.75, 3.05) is 11.5 Å². The minimum Gasteiger partial charge on any atom is -0.347 e. The zero-order valence-corrected chi connectivity index (χ0v) is 13.6. The maximum Gasteiger partial charge on any atom is 0.150 e. The fourth-order valence-electron chi connectivity index (χ4n) is 2.52. The molecular weight excluding hydrogens is 284 g/mol. The van der Waals surface area contributed by atoms with E-state index in [-0.39, 0.29) is 17.5 Å². The molecule has 4 nitrogen and oxygen atoms in total. The highest BCUT2D eigenvalue weighted by molar-refractivity contribution is 7.91. The number of hydrogen-bond donors (Lipinski definition) is 1. The molecule has 1 unspecified atom stereocenters. The van der Waals surface area contributed by atoms with Crippen molar-refractivity contribution in [3.8, 4) is 0 Å². The molecule has 0 amide bonds. The first-order valence-electron chi connectivity index (χ1n) is 7.45. The van der Waals surface area contributed by atoms with Crippen LogP contribution >= 0.6 is 0 Å². The Balaban J connectivity index is 2.13. The third-order valence-electron chi connectivity index (χ3n) is 3.69. The van der Waals surface area contributed by atoms with Crippen molar-refractivity contribution in [3.05, 3.63) is 36.0 Å². The van der Waals surface area contributed by atoms with Gasteiger partial charge < -0.3 is 10.3 Å². The van der Waals surface area contributed by atoms with E-state index in [0.717, 1.165) is 18.5 Å². The molecule has 21 heavy (non-hydrogen) atoms. The summed E-state index contributed by atoms with van der Waals surface area (Å²) in [6, 6.07) is 8.58. The number of rotatable bonds is 7. The van der Waals surface area contributed by atoms with E-state index < -0.39 is 9.84 Å². The van der Waals surface area contributed by atoms with Crippen molar-refractivity contribution in [3.63, 3.8) is 0 Å². The quantitative estimate of drug-likeness (QED) is 0.854. The van der Waals surface area contributed by atoms with Crippen LogP contribution in [0.1, 0.15) is 25.8 Å². The number of aromatic nitrogens is 1. The van der Waals surface area contributed by atoms with Gasteiger partial charge in [-0.1, -0.05) is 19.1 Å². The molecule has 1 aromatic carbocycles. The molecule has 1 aromatic heterocycles. The SMILES string of the molecule is CCS(=O)(=O)CCCn1ccc2ccc(CC(C)N)cc21. The van der Waals surface area contributed by atoms with Gasteiger partial charge >= 0.3 is 0 Å². The summed E-state index contributed by atoms with van der Waals surface area (Å²) in [7, 11) is -2.88. The molecule has 1 atom stereocenters. The van der Waals surface area contributed by atoms with Crippen LogP contribution in [-0.2, 0) is 22.8 Å². The van der Waals surface area contributed by atoms with E-state index in [2.05, 4.69) is 28.8 Å². The Morgan fingerprint density at radius 3 is 2.71 bits per heavy atom. The van der Waals surface area contributed by atoms with Gasteiger partial charge in [-0.25, -0.2) is 8.42 Å². The van der Waals surface area contributed by atoms with Crippen molar-refractivity contribution < 1.29 is 8.42 Å². The van der Waals surface area contributed by atoms with E-state index in [1.807, 2.05) is 13.1 Å². The number of benzene rings is 1. The lowest BCUT2D eigenvalue weighted by Crippen LogP contribution is -2.17. The Labute approximate surface area is 126 Å². The first kappa shape index (κ1) is 16.0. The maximum atomic E-state index is 11.5. The summed E-state index contributed by atoms with van der Waals surface area (Å²) in [5.41, 5.74) is 8.23. The van der Waals surface area contributed by atoms with Gasteiger partial charge in [-0.3, -0.25) is 0 Å². The average molecular weight is 308 g/mol. The van der Waals surface area contributed by atoms with E-state index in [9.17, 15) is 8.42 Å². The smallest absolute Gasteiger partial charge is 0.150 e. The van der Waals surface area contributed by atoms with Gasteiger partial charge in [0, 0.05) is 30.1 Å². The molecule has 2 N–H and O–H groups in total. The monoisotopic (exact) mass is 308 g/mol. The van der Waals surface area contributed by atoms with Crippen LogP contribution in [-0.4, -0.2) is 30.5 Å². The minimum absolute atomic E-state index is 0.139. The lowest BCUT2D eigenvalue weighted by Gasteiger charge is -2.09. The van der Waals surface area contributed by atoms with Gasteiger partial charge in [-0.2, -0.15) is 0 Å². The summed E-state index contributed by atoms with van der Waals surface area (Å²) in [5, 5.41) is 1.18. The Morgan fingerprint density at radius 1 is 1.29 bits per heavy atom. The molecule has 0 radical (unpaired) electrons. The predicted octanol–water partition coefficient (Wildman–Crippen LogP) is 2.36. The molecule has 0 fully saturated rings. The fourth-order valence-corrected chi connectivity index (χ4v) is 3.38. The molecule has 2 rings (SSSR count).